The molecule has 15 heavy (non-hydrogen) atoms. The van der Waals surface area contributed by atoms with Crippen LogP contribution in [-0.2, 0) is 4.74 Å². The zero-order valence-corrected chi connectivity index (χ0v) is 10.5. The van der Waals surface area contributed by atoms with Gasteiger partial charge >= 0.3 is 0 Å². The van der Waals surface area contributed by atoms with Gasteiger partial charge in [-0.05, 0) is 52.7 Å². The van der Waals surface area contributed by atoms with Gasteiger partial charge in [-0.25, -0.2) is 0 Å². The maximum atomic E-state index is 5.54. The third kappa shape index (κ3) is 6.13. The highest BCUT2D eigenvalue weighted by Crippen LogP contribution is 2.10. The molecular weight excluding hydrogens is 188 g/mol. The van der Waals surface area contributed by atoms with E-state index in [1.54, 1.807) is 0 Å². The molecule has 0 aromatic heterocycles. The maximum Gasteiger partial charge on any atom is 0.0596 e. The van der Waals surface area contributed by atoms with Crippen LogP contribution in [0.5, 0.6) is 0 Å². The van der Waals surface area contributed by atoms with Crippen molar-refractivity contribution >= 4 is 0 Å². The summed E-state index contributed by atoms with van der Waals surface area (Å²) in [6.45, 7) is 9.68. The van der Waals surface area contributed by atoms with E-state index in [4.69, 9.17) is 4.74 Å². The van der Waals surface area contributed by atoms with Crippen LogP contribution in [0.3, 0.4) is 0 Å². The van der Waals surface area contributed by atoms with Gasteiger partial charge in [0.15, 0.2) is 0 Å². The zero-order chi connectivity index (χ0) is 11.1. The summed E-state index contributed by atoms with van der Waals surface area (Å²) in [4.78, 5) is 2.39. The van der Waals surface area contributed by atoms with Crippen molar-refractivity contribution in [2.45, 2.75) is 32.8 Å². The lowest BCUT2D eigenvalue weighted by Gasteiger charge is -2.27. The fraction of sp³-hybridized carbons (Fsp3) is 1.00. The molecule has 0 aromatic carbocycles. The molecule has 0 aliphatic carbocycles. The van der Waals surface area contributed by atoms with Crippen LogP contribution < -0.4 is 5.32 Å². The van der Waals surface area contributed by atoms with E-state index in [9.17, 15) is 0 Å². The zero-order valence-electron chi connectivity index (χ0n) is 10.5. The largest absolute Gasteiger partial charge is 0.377 e. The first kappa shape index (κ1) is 12.9. The molecule has 1 heterocycles. The van der Waals surface area contributed by atoms with E-state index in [0.29, 0.717) is 6.10 Å². The SMILES string of the molecule is CC(C)OCCN(C)CC1CCCNC1. The molecule has 90 valence electrons. The number of nitrogens with zero attached hydrogens (tertiary/aromatic N) is 1. The summed E-state index contributed by atoms with van der Waals surface area (Å²) in [5, 5.41) is 3.46. The summed E-state index contributed by atoms with van der Waals surface area (Å²) in [5.74, 6) is 0.836. The highest BCUT2D eigenvalue weighted by atomic mass is 16.5. The second kappa shape index (κ2) is 7.20. The average Bonchev–Trinajstić information content (AvgIpc) is 2.18. The lowest BCUT2D eigenvalue weighted by atomic mass is 9.99. The Morgan fingerprint density at radius 1 is 1.47 bits per heavy atom. The van der Waals surface area contributed by atoms with Crippen molar-refractivity contribution in [3.05, 3.63) is 0 Å². The minimum Gasteiger partial charge on any atom is -0.377 e. The molecular formula is C12H26N2O. The summed E-state index contributed by atoms with van der Waals surface area (Å²) in [6.07, 6.45) is 3.07. The van der Waals surface area contributed by atoms with Crippen molar-refractivity contribution in [2.75, 3.05) is 39.8 Å². The van der Waals surface area contributed by atoms with Crippen LogP contribution >= 0.6 is 0 Å². The number of likely N-dealkylation sites (N-methyl/N-ethyl adjacent to an activating group) is 1. The van der Waals surface area contributed by atoms with Gasteiger partial charge in [0.25, 0.3) is 0 Å². The molecule has 0 amide bonds. The van der Waals surface area contributed by atoms with E-state index in [1.165, 1.54) is 32.5 Å². The first-order chi connectivity index (χ1) is 7.18. The molecule has 1 saturated heterocycles. The second-order valence-corrected chi connectivity index (χ2v) is 4.89. The summed E-state index contributed by atoms with van der Waals surface area (Å²) >= 11 is 0. The molecule has 3 heteroatoms. The normalized spacial score (nSPS) is 22.6. The van der Waals surface area contributed by atoms with E-state index < -0.39 is 0 Å². The molecule has 1 aliphatic heterocycles. The van der Waals surface area contributed by atoms with E-state index in [-0.39, 0.29) is 0 Å². The number of piperidine rings is 1. The first-order valence-electron chi connectivity index (χ1n) is 6.19. The molecule has 1 atom stereocenters. The Balaban J connectivity index is 2.03. The molecule has 1 unspecified atom stereocenters. The van der Waals surface area contributed by atoms with Crippen LogP contribution in [0.2, 0.25) is 0 Å². The number of rotatable bonds is 6. The van der Waals surface area contributed by atoms with Gasteiger partial charge in [0.1, 0.15) is 0 Å². The Labute approximate surface area is 94.2 Å². The average molecular weight is 214 g/mol. The van der Waals surface area contributed by atoms with Crippen LogP contribution in [0.4, 0.5) is 0 Å². The predicted molar refractivity (Wildman–Crippen MR) is 64.2 cm³/mol. The molecule has 0 spiro atoms. The van der Waals surface area contributed by atoms with Crippen molar-refractivity contribution in [2.24, 2.45) is 5.92 Å². The Morgan fingerprint density at radius 2 is 2.27 bits per heavy atom. The monoisotopic (exact) mass is 214 g/mol. The Bertz CT molecular complexity index is 156. The summed E-state index contributed by atoms with van der Waals surface area (Å²) in [6, 6.07) is 0. The topological polar surface area (TPSA) is 24.5 Å². The molecule has 0 aromatic rings. The third-order valence-corrected chi connectivity index (χ3v) is 2.89. The van der Waals surface area contributed by atoms with E-state index in [0.717, 1.165) is 19.1 Å². The first-order valence-corrected chi connectivity index (χ1v) is 6.19. The van der Waals surface area contributed by atoms with Crippen LogP contribution in [0.25, 0.3) is 0 Å². The number of hydrogen-bond donors (Lipinski definition) is 1. The lowest BCUT2D eigenvalue weighted by molar-refractivity contribution is 0.0604. The maximum absolute atomic E-state index is 5.54. The predicted octanol–water partition coefficient (Wildman–Crippen LogP) is 1.34. The van der Waals surface area contributed by atoms with E-state index >= 15 is 0 Å². The highest BCUT2D eigenvalue weighted by Gasteiger charge is 2.14. The van der Waals surface area contributed by atoms with Crippen molar-refractivity contribution in [3.63, 3.8) is 0 Å². The van der Waals surface area contributed by atoms with Gasteiger partial charge in [0.2, 0.25) is 0 Å². The summed E-state index contributed by atoms with van der Waals surface area (Å²) in [5.41, 5.74) is 0. The fourth-order valence-corrected chi connectivity index (χ4v) is 2.06. The summed E-state index contributed by atoms with van der Waals surface area (Å²) in [7, 11) is 2.19. The Morgan fingerprint density at radius 3 is 2.87 bits per heavy atom. The lowest BCUT2D eigenvalue weighted by Crippen LogP contribution is -2.38. The quantitative estimate of drug-likeness (QED) is 0.722. The fourth-order valence-electron chi connectivity index (χ4n) is 2.06. The molecule has 1 aliphatic rings. The molecule has 0 saturated carbocycles. The van der Waals surface area contributed by atoms with Gasteiger partial charge in [-0.3, -0.25) is 0 Å². The van der Waals surface area contributed by atoms with E-state index in [1.807, 2.05) is 0 Å². The number of nitrogens with one attached hydrogen (secondary N) is 1. The number of hydrogen-bond acceptors (Lipinski definition) is 3. The van der Waals surface area contributed by atoms with Gasteiger partial charge in [0, 0.05) is 13.1 Å². The van der Waals surface area contributed by atoms with Crippen molar-refractivity contribution in [3.8, 4) is 0 Å². The van der Waals surface area contributed by atoms with Gasteiger partial charge in [0.05, 0.1) is 12.7 Å². The van der Waals surface area contributed by atoms with Gasteiger partial charge in [-0.2, -0.15) is 0 Å². The van der Waals surface area contributed by atoms with Crippen LogP contribution in [0.1, 0.15) is 26.7 Å². The van der Waals surface area contributed by atoms with Crippen molar-refractivity contribution in [1.29, 1.82) is 0 Å². The van der Waals surface area contributed by atoms with Gasteiger partial charge in [-0.1, -0.05) is 0 Å². The third-order valence-electron chi connectivity index (χ3n) is 2.89. The van der Waals surface area contributed by atoms with Crippen molar-refractivity contribution in [1.82, 2.24) is 10.2 Å². The van der Waals surface area contributed by atoms with Gasteiger partial charge < -0.3 is 15.0 Å². The smallest absolute Gasteiger partial charge is 0.0596 e. The van der Waals surface area contributed by atoms with Crippen molar-refractivity contribution < 1.29 is 4.74 Å². The minimum atomic E-state index is 0.356. The molecule has 0 radical (unpaired) electrons. The summed E-state index contributed by atoms with van der Waals surface area (Å²) < 4.78 is 5.54. The van der Waals surface area contributed by atoms with Crippen LogP contribution in [0, 0.1) is 5.92 Å². The van der Waals surface area contributed by atoms with E-state index in [2.05, 4.69) is 31.1 Å². The van der Waals surface area contributed by atoms with Crippen LogP contribution in [-0.4, -0.2) is 50.8 Å². The Hall–Kier alpha value is -0.120. The molecule has 1 rings (SSSR count). The Kier molecular flexibility index (Phi) is 6.22. The molecule has 1 N–H and O–H groups in total. The van der Waals surface area contributed by atoms with Crippen LogP contribution in [0.15, 0.2) is 0 Å². The molecule has 3 nitrogen and oxygen atoms in total. The highest BCUT2D eigenvalue weighted by molar-refractivity contribution is 4.71. The molecule has 0 bridgehead atoms. The molecule has 1 fully saturated rings. The van der Waals surface area contributed by atoms with Gasteiger partial charge in [-0.15, -0.1) is 0 Å². The minimum absolute atomic E-state index is 0.356. The standard InChI is InChI=1S/C12H26N2O/c1-11(2)15-8-7-14(3)10-12-5-4-6-13-9-12/h11-13H,4-10H2,1-3H3. The number of ether oxygens (including phenoxy) is 1. The second-order valence-electron chi connectivity index (χ2n) is 4.89.